The van der Waals surface area contributed by atoms with Gasteiger partial charge in [0.2, 0.25) is 5.91 Å². The van der Waals surface area contributed by atoms with E-state index in [1.165, 1.54) is 23.1 Å². The number of carbonyl (C=O) groups excluding carboxylic acids is 3. The first-order valence-electron chi connectivity index (χ1n) is 16.4. The van der Waals surface area contributed by atoms with Gasteiger partial charge in [0.15, 0.2) is 5.13 Å². The first kappa shape index (κ1) is 37.4. The summed E-state index contributed by atoms with van der Waals surface area (Å²) in [6.45, 7) is 2.31. The number of hydrogen-bond acceptors (Lipinski definition) is 7. The number of rotatable bonds is 13. The van der Waals surface area contributed by atoms with Gasteiger partial charge in [-0.1, -0.05) is 96.0 Å². The number of aromatic nitrogens is 1. The normalized spacial score (nSPS) is 11.7. The van der Waals surface area contributed by atoms with E-state index in [2.05, 4.69) is 20.9 Å². The fourth-order valence-electron chi connectivity index (χ4n) is 5.13. The van der Waals surface area contributed by atoms with Gasteiger partial charge in [0.25, 0.3) is 11.8 Å². The molecule has 6 aromatic rings. The Hall–Kier alpha value is -5.39. The van der Waals surface area contributed by atoms with Crippen LogP contribution in [-0.4, -0.2) is 29.3 Å². The Morgan fingerprint density at radius 2 is 1.53 bits per heavy atom. The Morgan fingerprint density at radius 1 is 0.830 bits per heavy atom. The first-order chi connectivity index (χ1) is 25.8. The largest absolute Gasteiger partial charge is 0.493 e. The molecule has 1 aromatic heterocycles. The van der Waals surface area contributed by atoms with Crippen LogP contribution in [0.2, 0.25) is 10.0 Å². The number of thiazole rings is 1. The average molecular weight is 780 g/mol. The van der Waals surface area contributed by atoms with Crippen LogP contribution in [0.15, 0.2) is 143 Å². The smallest absolute Gasteiger partial charge is 0.272 e. The van der Waals surface area contributed by atoms with E-state index >= 15 is 0 Å². The third-order valence-electron chi connectivity index (χ3n) is 7.70. The number of halogens is 2. The van der Waals surface area contributed by atoms with Gasteiger partial charge in [-0.25, -0.2) is 4.98 Å². The lowest BCUT2D eigenvalue weighted by Gasteiger charge is -2.17. The molecular weight excluding hydrogens is 748 g/mol. The van der Waals surface area contributed by atoms with Gasteiger partial charge in [0.05, 0.1) is 22.3 Å². The molecule has 5 aromatic carbocycles. The summed E-state index contributed by atoms with van der Waals surface area (Å²) in [4.78, 5) is 45.9. The van der Waals surface area contributed by atoms with E-state index in [-0.39, 0.29) is 11.6 Å². The van der Waals surface area contributed by atoms with E-state index in [1.54, 1.807) is 66.7 Å². The van der Waals surface area contributed by atoms with Gasteiger partial charge < -0.3 is 20.7 Å². The molecule has 0 aliphatic rings. The molecule has 0 aliphatic heterocycles. The van der Waals surface area contributed by atoms with Crippen LogP contribution < -0.4 is 20.7 Å². The predicted molar refractivity (Wildman–Crippen MR) is 216 cm³/mol. The van der Waals surface area contributed by atoms with Crippen LogP contribution in [0.1, 0.15) is 33.7 Å². The molecule has 1 unspecified atom stereocenters. The third kappa shape index (κ3) is 9.94. The molecule has 12 heteroatoms. The molecule has 3 amide bonds. The molecule has 0 spiro atoms. The van der Waals surface area contributed by atoms with Crippen LogP contribution in [0.3, 0.4) is 0 Å². The van der Waals surface area contributed by atoms with Crippen LogP contribution >= 0.6 is 46.3 Å². The Labute approximate surface area is 325 Å². The quantitative estimate of drug-likeness (QED) is 0.0796. The summed E-state index contributed by atoms with van der Waals surface area (Å²) >= 11 is 14.9. The van der Waals surface area contributed by atoms with Gasteiger partial charge in [-0.15, -0.1) is 23.1 Å². The first-order valence-corrected chi connectivity index (χ1v) is 18.9. The van der Waals surface area contributed by atoms with Crippen molar-refractivity contribution < 1.29 is 19.1 Å². The molecule has 6 rings (SSSR count). The standard InChI is InChI=1S/C41H32Cl2N4O4S2/c1-2-51-36-16-10-9-15-29(36)24-34(45-38(48)27-13-7-4-8-14-27)39(49)44-30-18-20-31(21-19-30)53-37(26-11-5-3-6-12-26)40(50)47-41-46-35(25-52-41)28-17-22-32(42)33(43)23-28/h3-25,37H,2H2,1H3,(H,44,49)(H,45,48)(H,46,47,50)/b34-24-. The Bertz CT molecular complexity index is 2250. The maximum Gasteiger partial charge on any atom is 0.272 e. The number of anilines is 2. The SMILES string of the molecule is CCOc1ccccc1/C=C(\NC(=O)c1ccccc1)C(=O)Nc1ccc(SC(C(=O)Nc2nc(-c3ccc(Cl)c(Cl)c3)cs2)c2ccccc2)cc1. The second-order valence-corrected chi connectivity index (χ2v) is 14.2. The van der Waals surface area contributed by atoms with Gasteiger partial charge in [-0.2, -0.15) is 0 Å². The number of carbonyl (C=O) groups is 3. The van der Waals surface area contributed by atoms with Crippen molar-refractivity contribution in [3.63, 3.8) is 0 Å². The number of nitrogens with zero attached hydrogens (tertiary/aromatic N) is 1. The zero-order valence-electron chi connectivity index (χ0n) is 28.2. The van der Waals surface area contributed by atoms with Crippen molar-refractivity contribution in [3.05, 3.63) is 165 Å². The van der Waals surface area contributed by atoms with E-state index in [1.807, 2.05) is 79.0 Å². The molecular formula is C41H32Cl2N4O4S2. The zero-order chi connectivity index (χ0) is 37.2. The van der Waals surface area contributed by atoms with Crippen molar-refractivity contribution in [2.24, 2.45) is 0 Å². The molecule has 0 fully saturated rings. The summed E-state index contributed by atoms with van der Waals surface area (Å²) in [6.07, 6.45) is 1.59. The minimum Gasteiger partial charge on any atom is -0.493 e. The Balaban J connectivity index is 1.18. The van der Waals surface area contributed by atoms with Crippen LogP contribution in [0, 0.1) is 0 Å². The van der Waals surface area contributed by atoms with Gasteiger partial charge in [0, 0.05) is 32.7 Å². The molecule has 0 aliphatic carbocycles. The zero-order valence-corrected chi connectivity index (χ0v) is 31.4. The molecule has 1 heterocycles. The summed E-state index contributed by atoms with van der Waals surface area (Å²) in [7, 11) is 0. The van der Waals surface area contributed by atoms with Crippen LogP contribution in [0.25, 0.3) is 17.3 Å². The summed E-state index contributed by atoms with van der Waals surface area (Å²) in [5, 5.41) is 11.2. The van der Waals surface area contributed by atoms with Crippen LogP contribution in [-0.2, 0) is 9.59 Å². The van der Waals surface area contributed by atoms with E-state index < -0.39 is 17.1 Å². The minimum absolute atomic E-state index is 0.0368. The molecule has 0 radical (unpaired) electrons. The lowest BCUT2D eigenvalue weighted by atomic mass is 10.1. The molecule has 0 bridgehead atoms. The molecule has 8 nitrogen and oxygen atoms in total. The molecule has 1 atom stereocenters. The highest BCUT2D eigenvalue weighted by Crippen LogP contribution is 2.38. The van der Waals surface area contributed by atoms with Crippen molar-refractivity contribution >= 4 is 80.9 Å². The van der Waals surface area contributed by atoms with E-state index in [0.717, 1.165) is 16.0 Å². The topological polar surface area (TPSA) is 109 Å². The molecule has 3 N–H and O–H groups in total. The predicted octanol–water partition coefficient (Wildman–Crippen LogP) is 10.4. The number of benzene rings is 5. The molecule has 0 saturated heterocycles. The lowest BCUT2D eigenvalue weighted by Crippen LogP contribution is -2.30. The number of thioether (sulfide) groups is 1. The second kappa shape index (κ2) is 17.9. The van der Waals surface area contributed by atoms with E-state index in [9.17, 15) is 14.4 Å². The minimum atomic E-state index is -0.609. The third-order valence-corrected chi connectivity index (χ3v) is 10.5. The van der Waals surface area contributed by atoms with Gasteiger partial charge >= 0.3 is 0 Å². The van der Waals surface area contributed by atoms with Crippen molar-refractivity contribution in [2.45, 2.75) is 17.1 Å². The Morgan fingerprint density at radius 3 is 2.25 bits per heavy atom. The average Bonchev–Trinajstić information content (AvgIpc) is 3.65. The highest BCUT2D eigenvalue weighted by Gasteiger charge is 2.24. The second-order valence-electron chi connectivity index (χ2n) is 11.4. The summed E-state index contributed by atoms with van der Waals surface area (Å²) < 4.78 is 5.75. The van der Waals surface area contributed by atoms with Crippen molar-refractivity contribution in [3.8, 4) is 17.0 Å². The highest BCUT2D eigenvalue weighted by molar-refractivity contribution is 8.00. The molecule has 53 heavy (non-hydrogen) atoms. The number of hydrogen-bond donors (Lipinski definition) is 3. The molecule has 0 saturated carbocycles. The lowest BCUT2D eigenvalue weighted by molar-refractivity contribution is -0.116. The fraction of sp³-hybridized carbons (Fsp3) is 0.0732. The van der Waals surface area contributed by atoms with Crippen molar-refractivity contribution in [1.82, 2.24) is 10.3 Å². The number of para-hydroxylation sites is 1. The number of ether oxygens (including phenoxy) is 1. The van der Waals surface area contributed by atoms with E-state index in [0.29, 0.717) is 50.0 Å². The Kier molecular flexibility index (Phi) is 12.6. The van der Waals surface area contributed by atoms with Crippen LogP contribution in [0.4, 0.5) is 10.8 Å². The van der Waals surface area contributed by atoms with Gasteiger partial charge in [-0.05, 0) is 73.2 Å². The summed E-state index contributed by atoms with van der Waals surface area (Å²) in [5.41, 5.74) is 3.84. The maximum absolute atomic E-state index is 13.7. The monoisotopic (exact) mass is 778 g/mol. The maximum atomic E-state index is 13.7. The van der Waals surface area contributed by atoms with Crippen molar-refractivity contribution in [1.29, 1.82) is 0 Å². The fourth-order valence-corrected chi connectivity index (χ4v) is 7.17. The van der Waals surface area contributed by atoms with Crippen molar-refractivity contribution in [2.75, 3.05) is 17.2 Å². The summed E-state index contributed by atoms with van der Waals surface area (Å²) in [5.74, 6) is -0.619. The van der Waals surface area contributed by atoms with Crippen LogP contribution in [0.5, 0.6) is 5.75 Å². The highest BCUT2D eigenvalue weighted by atomic mass is 35.5. The molecule has 266 valence electrons. The number of amides is 3. The van der Waals surface area contributed by atoms with E-state index in [4.69, 9.17) is 27.9 Å². The van der Waals surface area contributed by atoms with Gasteiger partial charge in [-0.3, -0.25) is 14.4 Å². The van der Waals surface area contributed by atoms with Gasteiger partial charge in [0.1, 0.15) is 16.7 Å². The number of nitrogens with one attached hydrogen (secondary N) is 3. The summed E-state index contributed by atoms with van der Waals surface area (Å²) in [6, 6.07) is 37.8.